The highest BCUT2D eigenvalue weighted by Crippen LogP contribution is 2.44. The number of thiophene rings is 1. The first kappa shape index (κ1) is 25.3. The van der Waals surface area contributed by atoms with Gasteiger partial charge in [0.15, 0.2) is 0 Å². The highest BCUT2D eigenvalue weighted by atomic mass is 32.1. The van der Waals surface area contributed by atoms with Gasteiger partial charge < -0.3 is 9.13 Å². The topological polar surface area (TPSA) is 9.86 Å². The number of rotatable bonds is 2. The fourth-order valence-electron chi connectivity index (χ4n) is 8.12. The van der Waals surface area contributed by atoms with Gasteiger partial charge in [0.05, 0.1) is 22.1 Å². The summed E-state index contributed by atoms with van der Waals surface area (Å²) in [5, 5.41) is 13.0. The second-order valence-corrected chi connectivity index (χ2v) is 13.6. The molecule has 0 bridgehead atoms. The largest absolute Gasteiger partial charge is 0.309 e. The monoisotopic (exact) mass is 614 g/mol. The van der Waals surface area contributed by atoms with E-state index in [2.05, 4.69) is 167 Å². The van der Waals surface area contributed by atoms with Crippen LogP contribution in [0.15, 0.2) is 158 Å². The van der Waals surface area contributed by atoms with Gasteiger partial charge in [-0.25, -0.2) is 0 Å². The summed E-state index contributed by atoms with van der Waals surface area (Å²) >= 11 is 1.89. The summed E-state index contributed by atoms with van der Waals surface area (Å²) in [6, 6.07) is 58.1. The van der Waals surface area contributed by atoms with Gasteiger partial charge in [-0.05, 0) is 70.8 Å². The second-order valence-electron chi connectivity index (χ2n) is 12.5. The Hall–Kier alpha value is -5.90. The van der Waals surface area contributed by atoms with Gasteiger partial charge in [0.2, 0.25) is 0 Å². The van der Waals surface area contributed by atoms with E-state index in [1.807, 2.05) is 11.3 Å². The van der Waals surface area contributed by atoms with Crippen molar-refractivity contribution in [2.75, 3.05) is 0 Å². The molecule has 0 N–H and O–H groups in total. The first-order chi connectivity index (χ1) is 23.3. The quantitative estimate of drug-likeness (QED) is 0.171. The number of fused-ring (bicyclic) bond motifs is 14. The Morgan fingerprint density at radius 2 is 0.809 bits per heavy atom. The van der Waals surface area contributed by atoms with E-state index in [1.165, 1.54) is 85.3 Å². The standard InChI is InChI=1S/C44H26N2S/c1-5-13-37-30(9-1)31-10-2-6-14-38(31)45(37)28-19-21-29(22-20-28)46-39-15-7-3-11-32(39)34-25-24-33-35(44(34)46)23-17-27-18-26-41-43(42(27)33)36-12-4-8-16-40(36)47-41/h1-26H. The third-order valence-electron chi connectivity index (χ3n) is 10.1. The maximum atomic E-state index is 2.47. The van der Waals surface area contributed by atoms with E-state index in [-0.39, 0.29) is 0 Å². The van der Waals surface area contributed by atoms with Crippen LogP contribution in [0.4, 0.5) is 0 Å². The van der Waals surface area contributed by atoms with Crippen LogP contribution in [0.3, 0.4) is 0 Å². The van der Waals surface area contributed by atoms with Gasteiger partial charge in [-0.1, -0.05) is 103 Å². The molecule has 0 saturated carbocycles. The number of para-hydroxylation sites is 3. The van der Waals surface area contributed by atoms with Crippen LogP contribution in [0.25, 0.3) is 96.7 Å². The van der Waals surface area contributed by atoms with Crippen molar-refractivity contribution in [2.24, 2.45) is 0 Å². The molecule has 0 radical (unpaired) electrons. The number of hydrogen-bond acceptors (Lipinski definition) is 1. The van der Waals surface area contributed by atoms with E-state index >= 15 is 0 Å². The van der Waals surface area contributed by atoms with Crippen LogP contribution in [0.1, 0.15) is 0 Å². The van der Waals surface area contributed by atoms with Gasteiger partial charge in [-0.3, -0.25) is 0 Å². The SMILES string of the molecule is c1ccc2c(c1)sc1ccc3ccc4c(ccc5c6ccccc6n(-c6ccc(-n7c8ccccc8c8ccccc87)cc6)c45)c3c12. The zero-order valence-corrected chi connectivity index (χ0v) is 26.1. The van der Waals surface area contributed by atoms with Gasteiger partial charge in [-0.2, -0.15) is 0 Å². The minimum Gasteiger partial charge on any atom is -0.309 e. The van der Waals surface area contributed by atoms with Gasteiger partial charge in [0.1, 0.15) is 0 Å². The van der Waals surface area contributed by atoms with Crippen LogP contribution in [-0.2, 0) is 0 Å². The van der Waals surface area contributed by atoms with Crippen molar-refractivity contribution in [2.45, 2.75) is 0 Å². The Kier molecular flexibility index (Phi) is 5.02. The summed E-state index contributed by atoms with van der Waals surface area (Å²) < 4.78 is 7.54. The normalized spacial score (nSPS) is 12.3. The Labute approximate surface area is 273 Å². The number of hydrogen-bond donors (Lipinski definition) is 0. The molecular weight excluding hydrogens is 589 g/mol. The van der Waals surface area contributed by atoms with E-state index < -0.39 is 0 Å². The molecule has 3 aromatic heterocycles. The van der Waals surface area contributed by atoms with E-state index in [9.17, 15) is 0 Å². The predicted molar refractivity (Wildman–Crippen MR) is 203 cm³/mol. The van der Waals surface area contributed by atoms with E-state index in [0.717, 1.165) is 11.4 Å². The summed E-state index contributed by atoms with van der Waals surface area (Å²) in [5.41, 5.74) is 7.25. The highest BCUT2D eigenvalue weighted by Gasteiger charge is 2.18. The van der Waals surface area contributed by atoms with Crippen LogP contribution in [-0.4, -0.2) is 9.13 Å². The summed E-state index contributed by atoms with van der Waals surface area (Å²) in [4.78, 5) is 0. The zero-order chi connectivity index (χ0) is 30.6. The van der Waals surface area contributed by atoms with Gasteiger partial charge in [-0.15, -0.1) is 11.3 Å². The molecule has 3 heteroatoms. The Morgan fingerprint density at radius 1 is 0.319 bits per heavy atom. The molecule has 47 heavy (non-hydrogen) atoms. The molecule has 11 rings (SSSR count). The lowest BCUT2D eigenvalue weighted by Gasteiger charge is -2.13. The lowest BCUT2D eigenvalue weighted by Crippen LogP contribution is -1.97. The third kappa shape index (κ3) is 3.39. The van der Waals surface area contributed by atoms with E-state index in [0.29, 0.717) is 0 Å². The lowest BCUT2D eigenvalue weighted by atomic mass is 9.96. The second kappa shape index (κ2) is 9.32. The molecule has 0 saturated heterocycles. The van der Waals surface area contributed by atoms with Crippen LogP contribution in [0, 0.1) is 0 Å². The number of aromatic nitrogens is 2. The van der Waals surface area contributed by atoms with Crippen molar-refractivity contribution in [3.63, 3.8) is 0 Å². The average molecular weight is 615 g/mol. The Balaban J connectivity index is 1.21. The molecule has 0 aliphatic rings. The van der Waals surface area contributed by atoms with Gasteiger partial charge in [0, 0.05) is 58.5 Å². The molecule has 0 aliphatic carbocycles. The van der Waals surface area contributed by atoms with Crippen molar-refractivity contribution in [3.8, 4) is 11.4 Å². The third-order valence-corrected chi connectivity index (χ3v) is 11.2. The molecule has 11 aromatic rings. The maximum Gasteiger partial charge on any atom is 0.0619 e. The first-order valence-electron chi connectivity index (χ1n) is 16.1. The number of benzene rings is 8. The summed E-state index contributed by atoms with van der Waals surface area (Å²) in [5.74, 6) is 0. The highest BCUT2D eigenvalue weighted by molar-refractivity contribution is 7.26. The molecule has 8 aromatic carbocycles. The van der Waals surface area contributed by atoms with Crippen LogP contribution >= 0.6 is 11.3 Å². The molecule has 0 atom stereocenters. The first-order valence-corrected chi connectivity index (χ1v) is 16.9. The average Bonchev–Trinajstić information content (AvgIpc) is 3.79. The fourth-order valence-corrected chi connectivity index (χ4v) is 9.24. The Bertz CT molecular complexity index is 3010. The van der Waals surface area contributed by atoms with Crippen molar-refractivity contribution in [3.05, 3.63) is 158 Å². The van der Waals surface area contributed by atoms with Crippen LogP contribution in [0.5, 0.6) is 0 Å². The zero-order valence-electron chi connectivity index (χ0n) is 25.3. The fraction of sp³-hybridized carbons (Fsp3) is 0. The predicted octanol–water partition coefficient (Wildman–Crippen LogP) is 12.6. The molecule has 0 fully saturated rings. The molecule has 0 spiro atoms. The van der Waals surface area contributed by atoms with E-state index in [1.54, 1.807) is 0 Å². The molecule has 218 valence electrons. The Morgan fingerprint density at radius 3 is 1.51 bits per heavy atom. The molecular formula is C44H26N2S. The lowest BCUT2D eigenvalue weighted by molar-refractivity contribution is 1.15. The van der Waals surface area contributed by atoms with Crippen molar-refractivity contribution in [1.29, 1.82) is 0 Å². The molecule has 0 amide bonds. The summed E-state index contributed by atoms with van der Waals surface area (Å²) in [7, 11) is 0. The maximum absolute atomic E-state index is 2.47. The van der Waals surface area contributed by atoms with Crippen LogP contribution < -0.4 is 0 Å². The minimum atomic E-state index is 1.16. The summed E-state index contributed by atoms with van der Waals surface area (Å²) in [6.07, 6.45) is 0. The molecule has 0 unspecified atom stereocenters. The summed E-state index contributed by atoms with van der Waals surface area (Å²) in [6.45, 7) is 0. The molecule has 2 nitrogen and oxygen atoms in total. The minimum absolute atomic E-state index is 1.16. The molecule has 0 aliphatic heterocycles. The van der Waals surface area contributed by atoms with Crippen molar-refractivity contribution >= 4 is 96.7 Å². The van der Waals surface area contributed by atoms with Gasteiger partial charge in [0.25, 0.3) is 0 Å². The smallest absolute Gasteiger partial charge is 0.0619 e. The van der Waals surface area contributed by atoms with Crippen molar-refractivity contribution in [1.82, 2.24) is 9.13 Å². The molecule has 3 heterocycles. The number of nitrogens with zero attached hydrogens (tertiary/aromatic N) is 2. The van der Waals surface area contributed by atoms with Crippen LogP contribution in [0.2, 0.25) is 0 Å². The van der Waals surface area contributed by atoms with Crippen molar-refractivity contribution < 1.29 is 0 Å². The van der Waals surface area contributed by atoms with Gasteiger partial charge >= 0.3 is 0 Å². The van der Waals surface area contributed by atoms with E-state index in [4.69, 9.17) is 0 Å².